The molecule has 1 rings (SSSR count). The van der Waals surface area contributed by atoms with Gasteiger partial charge >= 0.3 is 12.1 Å². The minimum Gasteiger partial charge on any atom is -0.481 e. The van der Waals surface area contributed by atoms with Crippen LogP contribution in [0, 0.1) is 6.92 Å². The molecule has 1 heterocycles. The molecule has 1 aromatic heterocycles. The highest BCUT2D eigenvalue weighted by atomic mass is 35.5. The summed E-state index contributed by atoms with van der Waals surface area (Å²) >= 11 is 5.64. The number of aryl methyl sites for hydroxylation is 1. The lowest BCUT2D eigenvalue weighted by molar-refractivity contribution is -0.144. The molecule has 0 saturated heterocycles. The molecule has 1 N–H and O–H groups in total. The molecule has 0 saturated carbocycles. The third kappa shape index (κ3) is 2.90. The molecule has 0 fully saturated rings. The van der Waals surface area contributed by atoms with Crippen molar-refractivity contribution in [2.75, 3.05) is 0 Å². The Morgan fingerprint density at radius 3 is 2.39 bits per heavy atom. The van der Waals surface area contributed by atoms with Gasteiger partial charge in [-0.25, -0.2) is 9.97 Å². The van der Waals surface area contributed by atoms with Crippen molar-refractivity contribution >= 4 is 17.6 Å². The number of alkyl halides is 3. The summed E-state index contributed by atoms with van der Waals surface area (Å²) in [5.41, 5.74) is -1.86. The van der Waals surface area contributed by atoms with Crippen molar-refractivity contribution in [2.45, 2.75) is 32.4 Å². The smallest absolute Gasteiger partial charge is 0.433 e. The fourth-order valence-electron chi connectivity index (χ4n) is 1.57. The number of carboxylic acid groups (broad SMARTS) is 1. The van der Waals surface area contributed by atoms with Crippen LogP contribution >= 0.6 is 11.6 Å². The van der Waals surface area contributed by atoms with Crippen LogP contribution < -0.4 is 0 Å². The lowest BCUT2D eigenvalue weighted by Gasteiger charge is -2.17. The summed E-state index contributed by atoms with van der Waals surface area (Å²) in [5.74, 6) is -2.93. The Balaban J connectivity index is 3.55. The summed E-state index contributed by atoms with van der Waals surface area (Å²) in [6.45, 7) is 2.71. The van der Waals surface area contributed by atoms with Crippen LogP contribution in [-0.4, -0.2) is 21.0 Å². The van der Waals surface area contributed by atoms with Gasteiger partial charge in [-0.15, -0.1) is 0 Å². The molecule has 1 atom stereocenters. The van der Waals surface area contributed by atoms with Gasteiger partial charge in [0.25, 0.3) is 0 Å². The first-order chi connectivity index (χ1) is 8.18. The van der Waals surface area contributed by atoms with Gasteiger partial charge in [0, 0.05) is 5.56 Å². The fourth-order valence-corrected chi connectivity index (χ4v) is 1.92. The van der Waals surface area contributed by atoms with Gasteiger partial charge in [-0.1, -0.05) is 18.5 Å². The molecule has 0 spiro atoms. The van der Waals surface area contributed by atoms with Crippen LogP contribution in [0.2, 0.25) is 5.15 Å². The number of halogens is 4. The summed E-state index contributed by atoms with van der Waals surface area (Å²) in [7, 11) is 0. The van der Waals surface area contributed by atoms with Gasteiger partial charge < -0.3 is 5.11 Å². The molecule has 0 aliphatic heterocycles. The van der Waals surface area contributed by atoms with Crippen molar-refractivity contribution in [3.63, 3.8) is 0 Å². The Labute approximate surface area is 106 Å². The van der Waals surface area contributed by atoms with Crippen molar-refractivity contribution < 1.29 is 23.1 Å². The SMILES string of the molecule is CCC(C(=O)O)c1c(Cl)nc(C)nc1C(F)(F)F. The number of hydrogen-bond donors (Lipinski definition) is 1. The van der Waals surface area contributed by atoms with Gasteiger partial charge in [-0.3, -0.25) is 4.79 Å². The number of aliphatic carboxylic acids is 1. The average Bonchev–Trinajstić information content (AvgIpc) is 2.19. The van der Waals surface area contributed by atoms with Gasteiger partial charge in [-0.05, 0) is 13.3 Å². The Kier molecular flexibility index (Phi) is 4.16. The first kappa shape index (κ1) is 14.7. The van der Waals surface area contributed by atoms with Crippen molar-refractivity contribution in [2.24, 2.45) is 0 Å². The van der Waals surface area contributed by atoms with Crippen molar-refractivity contribution in [3.05, 3.63) is 22.2 Å². The van der Waals surface area contributed by atoms with E-state index in [0.717, 1.165) is 0 Å². The maximum atomic E-state index is 12.8. The maximum absolute atomic E-state index is 12.8. The van der Waals surface area contributed by atoms with E-state index in [0.29, 0.717) is 0 Å². The second kappa shape index (κ2) is 5.09. The van der Waals surface area contributed by atoms with E-state index in [1.165, 1.54) is 13.8 Å². The number of rotatable bonds is 3. The van der Waals surface area contributed by atoms with Crippen LogP contribution in [0.25, 0.3) is 0 Å². The quantitative estimate of drug-likeness (QED) is 0.866. The normalized spacial score (nSPS) is 13.4. The Morgan fingerprint density at radius 1 is 1.44 bits per heavy atom. The van der Waals surface area contributed by atoms with Gasteiger partial charge in [0.15, 0.2) is 5.69 Å². The lowest BCUT2D eigenvalue weighted by Crippen LogP contribution is -2.21. The molecule has 0 aromatic carbocycles. The molecule has 1 aromatic rings. The molecule has 8 heteroatoms. The third-order valence-corrected chi connectivity index (χ3v) is 2.62. The molecular formula is C10H10ClF3N2O2. The van der Waals surface area contributed by atoms with E-state index in [9.17, 15) is 18.0 Å². The number of carbonyl (C=O) groups is 1. The zero-order valence-electron chi connectivity index (χ0n) is 9.55. The standard InChI is InChI=1S/C10H10ClF3N2O2/c1-3-5(9(17)18)6-7(10(12,13)14)15-4(2)16-8(6)11/h5H,3H2,1-2H3,(H,17,18). The van der Waals surface area contributed by atoms with Crippen LogP contribution in [0.1, 0.15) is 36.3 Å². The molecule has 18 heavy (non-hydrogen) atoms. The lowest BCUT2D eigenvalue weighted by atomic mass is 9.96. The van der Waals surface area contributed by atoms with E-state index in [1.54, 1.807) is 0 Å². The number of hydrogen-bond acceptors (Lipinski definition) is 3. The predicted molar refractivity (Wildman–Crippen MR) is 57.4 cm³/mol. The van der Waals surface area contributed by atoms with E-state index in [-0.39, 0.29) is 12.2 Å². The summed E-state index contributed by atoms with van der Waals surface area (Å²) in [6, 6.07) is 0. The molecular weight excluding hydrogens is 273 g/mol. The Bertz CT molecular complexity index is 477. The van der Waals surface area contributed by atoms with E-state index in [2.05, 4.69) is 9.97 Å². The second-order valence-corrected chi connectivity index (χ2v) is 3.98. The van der Waals surface area contributed by atoms with E-state index < -0.39 is 34.5 Å². The highest BCUT2D eigenvalue weighted by molar-refractivity contribution is 6.30. The number of nitrogens with zero attached hydrogens (tertiary/aromatic N) is 2. The number of carboxylic acids is 1. The van der Waals surface area contributed by atoms with E-state index in [4.69, 9.17) is 16.7 Å². The van der Waals surface area contributed by atoms with Gasteiger partial charge in [0.2, 0.25) is 0 Å². The molecule has 0 aliphatic rings. The summed E-state index contributed by atoms with van der Waals surface area (Å²) in [5, 5.41) is 8.46. The first-order valence-electron chi connectivity index (χ1n) is 5.02. The van der Waals surface area contributed by atoms with Gasteiger partial charge in [0.05, 0.1) is 5.92 Å². The predicted octanol–water partition coefficient (Wildman–Crippen LogP) is 3.04. The van der Waals surface area contributed by atoms with Crippen molar-refractivity contribution in [1.29, 1.82) is 0 Å². The molecule has 0 aliphatic carbocycles. The molecule has 1 unspecified atom stereocenters. The Morgan fingerprint density at radius 2 is 2.00 bits per heavy atom. The largest absolute Gasteiger partial charge is 0.481 e. The van der Waals surface area contributed by atoms with Crippen LogP contribution in [0.15, 0.2) is 0 Å². The third-order valence-electron chi connectivity index (χ3n) is 2.33. The minimum atomic E-state index is -4.77. The second-order valence-electron chi connectivity index (χ2n) is 3.62. The highest BCUT2D eigenvalue weighted by Crippen LogP contribution is 2.38. The van der Waals surface area contributed by atoms with Crippen molar-refractivity contribution in [3.8, 4) is 0 Å². The minimum absolute atomic E-state index is 0.0371. The monoisotopic (exact) mass is 282 g/mol. The zero-order chi connectivity index (χ0) is 14.1. The maximum Gasteiger partial charge on any atom is 0.433 e. The molecule has 4 nitrogen and oxygen atoms in total. The molecule has 0 bridgehead atoms. The summed E-state index contributed by atoms with van der Waals surface area (Å²) in [4.78, 5) is 17.8. The van der Waals surface area contributed by atoms with Crippen molar-refractivity contribution in [1.82, 2.24) is 9.97 Å². The Hall–Kier alpha value is -1.37. The van der Waals surface area contributed by atoms with Crippen LogP contribution in [0.4, 0.5) is 13.2 Å². The van der Waals surface area contributed by atoms with Gasteiger partial charge in [0.1, 0.15) is 11.0 Å². The number of aromatic nitrogens is 2. The zero-order valence-corrected chi connectivity index (χ0v) is 10.3. The highest BCUT2D eigenvalue weighted by Gasteiger charge is 2.40. The van der Waals surface area contributed by atoms with E-state index in [1.807, 2.05) is 0 Å². The summed E-state index contributed by atoms with van der Waals surface area (Å²) < 4.78 is 38.5. The van der Waals surface area contributed by atoms with Crippen LogP contribution in [0.3, 0.4) is 0 Å². The average molecular weight is 283 g/mol. The van der Waals surface area contributed by atoms with Gasteiger partial charge in [-0.2, -0.15) is 13.2 Å². The first-order valence-corrected chi connectivity index (χ1v) is 5.40. The molecule has 100 valence electrons. The van der Waals surface area contributed by atoms with Crippen LogP contribution in [0.5, 0.6) is 0 Å². The summed E-state index contributed by atoms with van der Waals surface area (Å²) in [6.07, 6.45) is -4.81. The molecule has 0 radical (unpaired) electrons. The fraction of sp³-hybridized carbons (Fsp3) is 0.500. The van der Waals surface area contributed by atoms with Crippen LogP contribution in [-0.2, 0) is 11.0 Å². The molecule has 0 amide bonds. The topological polar surface area (TPSA) is 63.1 Å². The van der Waals surface area contributed by atoms with E-state index >= 15 is 0 Å².